The summed E-state index contributed by atoms with van der Waals surface area (Å²) >= 11 is 1.51. The molecule has 1 N–H and O–H groups in total. The van der Waals surface area contributed by atoms with Crippen LogP contribution in [0.3, 0.4) is 0 Å². The van der Waals surface area contributed by atoms with Gasteiger partial charge in [-0.2, -0.15) is 0 Å². The van der Waals surface area contributed by atoms with Gasteiger partial charge in [-0.25, -0.2) is 0 Å². The van der Waals surface area contributed by atoms with Crippen LogP contribution in [0.2, 0.25) is 0 Å². The average molecular weight is 356 g/mol. The zero-order chi connectivity index (χ0) is 18.1. The number of carboxylic acids is 1. The third kappa shape index (κ3) is 6.09. The molecule has 2 rings (SSSR count). The summed E-state index contributed by atoms with van der Waals surface area (Å²) < 4.78 is 11.0. The van der Waals surface area contributed by atoms with Gasteiger partial charge in [0.15, 0.2) is 0 Å². The van der Waals surface area contributed by atoms with Crippen LogP contribution in [0.15, 0.2) is 52.3 Å². The van der Waals surface area contributed by atoms with Gasteiger partial charge in [0, 0.05) is 9.79 Å². The maximum Gasteiger partial charge on any atom is 0.307 e. The van der Waals surface area contributed by atoms with Gasteiger partial charge in [0.2, 0.25) is 0 Å². The number of carbonyl (C=O) groups is 1. The second kappa shape index (κ2) is 9.65. The second-order valence-corrected chi connectivity index (χ2v) is 6.18. The standard InChI is InChI=1S/C20H20O4S/c1-3-5-12-24-16-8-10-18(11-9-16)25-19-14-17(23-4-2)7-6-15(19)13-20(21)22/h6-11,14H,4,12-13H2,1-2H3,(H,21,22). The molecule has 0 aliphatic rings. The summed E-state index contributed by atoms with van der Waals surface area (Å²) in [5, 5.41) is 9.10. The molecule has 0 heterocycles. The van der Waals surface area contributed by atoms with Crippen molar-refractivity contribution < 1.29 is 19.4 Å². The van der Waals surface area contributed by atoms with E-state index in [0.29, 0.717) is 13.2 Å². The van der Waals surface area contributed by atoms with E-state index in [9.17, 15) is 4.79 Å². The molecule has 4 nitrogen and oxygen atoms in total. The Balaban J connectivity index is 2.17. The number of hydrogen-bond donors (Lipinski definition) is 1. The molecule has 5 heteroatoms. The number of benzene rings is 2. The van der Waals surface area contributed by atoms with Crippen molar-refractivity contribution in [2.24, 2.45) is 0 Å². The summed E-state index contributed by atoms with van der Waals surface area (Å²) in [7, 11) is 0. The Morgan fingerprint density at radius 2 is 1.84 bits per heavy atom. The van der Waals surface area contributed by atoms with Crippen LogP contribution >= 0.6 is 11.8 Å². The highest BCUT2D eigenvalue weighted by Gasteiger charge is 2.10. The largest absolute Gasteiger partial charge is 0.494 e. The third-order valence-corrected chi connectivity index (χ3v) is 4.34. The van der Waals surface area contributed by atoms with E-state index >= 15 is 0 Å². The minimum atomic E-state index is -0.855. The predicted molar refractivity (Wildman–Crippen MR) is 98.5 cm³/mol. The monoisotopic (exact) mass is 356 g/mol. The first-order valence-corrected chi connectivity index (χ1v) is 8.72. The Hall–Kier alpha value is -2.58. The van der Waals surface area contributed by atoms with Crippen LogP contribution < -0.4 is 9.47 Å². The van der Waals surface area contributed by atoms with E-state index in [-0.39, 0.29) is 6.42 Å². The average Bonchev–Trinajstić information content (AvgIpc) is 2.59. The smallest absolute Gasteiger partial charge is 0.307 e. The molecule has 0 aliphatic heterocycles. The zero-order valence-corrected chi connectivity index (χ0v) is 15.1. The van der Waals surface area contributed by atoms with Crippen LogP contribution in [0.4, 0.5) is 0 Å². The Morgan fingerprint density at radius 3 is 2.48 bits per heavy atom. The second-order valence-electron chi connectivity index (χ2n) is 5.06. The van der Waals surface area contributed by atoms with Crippen molar-refractivity contribution in [2.45, 2.75) is 30.1 Å². The Kier molecular flexibility index (Phi) is 7.24. The highest BCUT2D eigenvalue weighted by molar-refractivity contribution is 7.99. The summed E-state index contributed by atoms with van der Waals surface area (Å²) in [5.74, 6) is 6.26. The molecule has 2 aromatic rings. The summed E-state index contributed by atoms with van der Waals surface area (Å²) in [6, 6.07) is 13.1. The summed E-state index contributed by atoms with van der Waals surface area (Å²) in [5.41, 5.74) is 0.763. The van der Waals surface area contributed by atoms with E-state index in [0.717, 1.165) is 26.9 Å². The lowest BCUT2D eigenvalue weighted by Gasteiger charge is -2.11. The molecule has 130 valence electrons. The van der Waals surface area contributed by atoms with Crippen LogP contribution in [0.1, 0.15) is 19.4 Å². The third-order valence-electron chi connectivity index (χ3n) is 3.23. The molecule has 0 spiro atoms. The summed E-state index contributed by atoms with van der Waals surface area (Å²) in [6.45, 7) is 4.62. The molecule has 0 fully saturated rings. The molecule has 0 atom stereocenters. The first-order valence-electron chi connectivity index (χ1n) is 7.90. The molecule has 0 unspecified atom stereocenters. The normalized spacial score (nSPS) is 9.84. The van der Waals surface area contributed by atoms with Gasteiger partial charge in [0.25, 0.3) is 0 Å². The SMILES string of the molecule is CC#CCOc1ccc(Sc2cc(OCC)ccc2CC(=O)O)cc1. The van der Waals surface area contributed by atoms with Gasteiger partial charge in [-0.1, -0.05) is 23.7 Å². The fourth-order valence-electron chi connectivity index (χ4n) is 2.12. The molecule has 0 aliphatic carbocycles. The van der Waals surface area contributed by atoms with Gasteiger partial charge in [0.05, 0.1) is 13.0 Å². The van der Waals surface area contributed by atoms with Gasteiger partial charge >= 0.3 is 5.97 Å². The van der Waals surface area contributed by atoms with Gasteiger partial charge in [-0.15, -0.1) is 5.92 Å². The zero-order valence-electron chi connectivity index (χ0n) is 14.2. The van der Waals surface area contributed by atoms with E-state index in [1.807, 2.05) is 43.3 Å². The van der Waals surface area contributed by atoms with Crippen molar-refractivity contribution in [1.82, 2.24) is 0 Å². The highest BCUT2D eigenvalue weighted by atomic mass is 32.2. The van der Waals surface area contributed by atoms with E-state index in [2.05, 4.69) is 11.8 Å². The molecular formula is C20H20O4S. The molecule has 0 aromatic heterocycles. The molecule has 0 bridgehead atoms. The van der Waals surface area contributed by atoms with Gasteiger partial charge in [-0.3, -0.25) is 4.79 Å². The van der Waals surface area contributed by atoms with E-state index < -0.39 is 5.97 Å². The lowest BCUT2D eigenvalue weighted by atomic mass is 10.1. The minimum absolute atomic E-state index is 0.0222. The molecule has 2 aromatic carbocycles. The number of aliphatic carboxylic acids is 1. The first kappa shape index (κ1) is 18.8. The quantitative estimate of drug-likeness (QED) is 0.716. The maximum absolute atomic E-state index is 11.1. The van der Waals surface area contributed by atoms with Crippen LogP contribution in [0.5, 0.6) is 11.5 Å². The molecule has 0 radical (unpaired) electrons. The van der Waals surface area contributed by atoms with Crippen LogP contribution in [-0.4, -0.2) is 24.3 Å². The molecule has 0 saturated carbocycles. The fourth-order valence-corrected chi connectivity index (χ4v) is 3.09. The number of hydrogen-bond acceptors (Lipinski definition) is 4. The highest BCUT2D eigenvalue weighted by Crippen LogP contribution is 2.34. The van der Waals surface area contributed by atoms with E-state index in [1.165, 1.54) is 11.8 Å². The van der Waals surface area contributed by atoms with Crippen LogP contribution in [-0.2, 0) is 11.2 Å². The predicted octanol–water partition coefficient (Wildman–Crippen LogP) is 4.27. The van der Waals surface area contributed by atoms with Crippen molar-refractivity contribution in [1.29, 1.82) is 0 Å². The van der Waals surface area contributed by atoms with Gasteiger partial charge in [-0.05, 0) is 55.8 Å². The number of carboxylic acid groups (broad SMARTS) is 1. The van der Waals surface area contributed by atoms with E-state index in [4.69, 9.17) is 14.6 Å². The maximum atomic E-state index is 11.1. The summed E-state index contributed by atoms with van der Waals surface area (Å²) in [4.78, 5) is 13.0. The molecule has 25 heavy (non-hydrogen) atoms. The lowest BCUT2D eigenvalue weighted by Crippen LogP contribution is -2.02. The summed E-state index contributed by atoms with van der Waals surface area (Å²) in [6.07, 6.45) is -0.0222. The fraction of sp³-hybridized carbons (Fsp3) is 0.250. The molecule has 0 saturated heterocycles. The van der Waals surface area contributed by atoms with Crippen molar-refractivity contribution in [3.05, 3.63) is 48.0 Å². The number of rotatable bonds is 8. The topological polar surface area (TPSA) is 55.8 Å². The molecule has 0 amide bonds. The van der Waals surface area contributed by atoms with Crippen LogP contribution in [0, 0.1) is 11.8 Å². The minimum Gasteiger partial charge on any atom is -0.494 e. The van der Waals surface area contributed by atoms with Crippen molar-refractivity contribution in [3.8, 4) is 23.3 Å². The van der Waals surface area contributed by atoms with Crippen LogP contribution in [0.25, 0.3) is 0 Å². The number of ether oxygens (including phenoxy) is 2. The first-order chi connectivity index (χ1) is 12.1. The van der Waals surface area contributed by atoms with Crippen molar-refractivity contribution in [2.75, 3.05) is 13.2 Å². The Morgan fingerprint density at radius 1 is 1.12 bits per heavy atom. The van der Waals surface area contributed by atoms with Gasteiger partial charge in [0.1, 0.15) is 18.1 Å². The van der Waals surface area contributed by atoms with Crippen molar-refractivity contribution >= 4 is 17.7 Å². The Bertz CT molecular complexity index is 773. The lowest BCUT2D eigenvalue weighted by molar-refractivity contribution is -0.136. The molecular weight excluding hydrogens is 336 g/mol. The van der Waals surface area contributed by atoms with Gasteiger partial charge < -0.3 is 14.6 Å². The van der Waals surface area contributed by atoms with E-state index in [1.54, 1.807) is 13.0 Å². The Labute approximate surface area is 152 Å². The van der Waals surface area contributed by atoms with Crippen molar-refractivity contribution in [3.63, 3.8) is 0 Å².